The Hall–Kier alpha value is -2.47. The normalized spacial score (nSPS) is 13.4. The van der Waals surface area contributed by atoms with Crippen molar-refractivity contribution >= 4 is 11.8 Å². The van der Waals surface area contributed by atoms with Crippen LogP contribution < -0.4 is 5.32 Å². The van der Waals surface area contributed by atoms with Crippen LogP contribution in [0.1, 0.15) is 23.0 Å². The van der Waals surface area contributed by atoms with Crippen LogP contribution in [0.2, 0.25) is 0 Å². The van der Waals surface area contributed by atoms with E-state index < -0.39 is 12.1 Å². The molecule has 110 valence electrons. The molecule has 1 aromatic heterocycles. The molecule has 0 saturated heterocycles. The van der Waals surface area contributed by atoms with E-state index in [4.69, 9.17) is 5.11 Å². The zero-order valence-electron chi connectivity index (χ0n) is 11.6. The van der Waals surface area contributed by atoms with Crippen LogP contribution in [-0.2, 0) is 6.42 Å². The molecule has 2 atom stereocenters. The molecule has 0 bridgehead atoms. The van der Waals surface area contributed by atoms with Gasteiger partial charge in [-0.25, -0.2) is 14.8 Å². The van der Waals surface area contributed by atoms with Gasteiger partial charge in [-0.15, -0.1) is 0 Å². The lowest BCUT2D eigenvalue weighted by Gasteiger charge is -2.20. The molecule has 3 N–H and O–H groups in total. The number of aliphatic hydroxyl groups excluding tert-OH is 1. The Balaban J connectivity index is 1.94. The topological polar surface area (TPSA) is 95.3 Å². The van der Waals surface area contributed by atoms with Crippen molar-refractivity contribution in [3.05, 3.63) is 54.0 Å². The predicted molar refractivity (Wildman–Crippen MR) is 78.2 cm³/mol. The maximum Gasteiger partial charge on any atom is 0.356 e. The molecule has 0 saturated carbocycles. The number of carboxylic acids is 1. The van der Waals surface area contributed by atoms with Crippen molar-refractivity contribution < 1.29 is 15.0 Å². The fraction of sp³-hybridized carbons (Fsp3) is 0.267. The van der Waals surface area contributed by atoms with E-state index in [9.17, 15) is 9.90 Å². The maximum absolute atomic E-state index is 10.7. The lowest BCUT2D eigenvalue weighted by molar-refractivity contribution is 0.0690. The molecule has 6 heteroatoms. The van der Waals surface area contributed by atoms with Crippen molar-refractivity contribution in [2.75, 3.05) is 5.32 Å². The number of aliphatic hydroxyl groups is 1. The number of hydrogen-bond acceptors (Lipinski definition) is 5. The largest absolute Gasteiger partial charge is 0.476 e. The first-order valence-corrected chi connectivity index (χ1v) is 6.60. The van der Waals surface area contributed by atoms with E-state index in [2.05, 4.69) is 15.3 Å². The van der Waals surface area contributed by atoms with Gasteiger partial charge in [0, 0.05) is 6.42 Å². The number of nitrogens with zero attached hydrogens (tertiary/aromatic N) is 2. The zero-order valence-corrected chi connectivity index (χ0v) is 11.6. The van der Waals surface area contributed by atoms with Gasteiger partial charge in [-0.1, -0.05) is 30.3 Å². The highest BCUT2D eigenvalue weighted by atomic mass is 16.4. The molecule has 2 aromatic rings. The number of benzene rings is 1. The van der Waals surface area contributed by atoms with Gasteiger partial charge in [0.25, 0.3) is 0 Å². The van der Waals surface area contributed by atoms with Crippen LogP contribution in [0.3, 0.4) is 0 Å². The molecule has 2 unspecified atom stereocenters. The van der Waals surface area contributed by atoms with Gasteiger partial charge < -0.3 is 15.5 Å². The number of carboxylic acid groups (broad SMARTS) is 1. The average molecular weight is 287 g/mol. The molecule has 1 heterocycles. The Morgan fingerprint density at radius 2 is 1.95 bits per heavy atom. The number of carbonyl (C=O) groups is 1. The second kappa shape index (κ2) is 6.81. The summed E-state index contributed by atoms with van der Waals surface area (Å²) < 4.78 is 0. The summed E-state index contributed by atoms with van der Waals surface area (Å²) in [5.74, 6) is -0.689. The van der Waals surface area contributed by atoms with Gasteiger partial charge in [-0.2, -0.15) is 0 Å². The van der Waals surface area contributed by atoms with Gasteiger partial charge in [0.1, 0.15) is 5.82 Å². The third-order valence-corrected chi connectivity index (χ3v) is 3.11. The Kier molecular flexibility index (Phi) is 4.84. The van der Waals surface area contributed by atoms with Crippen LogP contribution in [0.25, 0.3) is 0 Å². The third-order valence-electron chi connectivity index (χ3n) is 3.11. The molecule has 0 aliphatic rings. The summed E-state index contributed by atoms with van der Waals surface area (Å²) in [5.41, 5.74) is 0.934. The van der Waals surface area contributed by atoms with E-state index in [0.717, 1.165) is 5.56 Å². The number of anilines is 1. The van der Waals surface area contributed by atoms with E-state index in [0.29, 0.717) is 12.2 Å². The summed E-state index contributed by atoms with van der Waals surface area (Å²) in [4.78, 5) is 18.4. The van der Waals surface area contributed by atoms with Crippen molar-refractivity contribution in [1.82, 2.24) is 9.97 Å². The molecular weight excluding hydrogens is 270 g/mol. The SMILES string of the molecule is CC(Nc1cnc(C(=O)O)cn1)C(O)Cc1ccccc1. The fourth-order valence-electron chi connectivity index (χ4n) is 1.87. The van der Waals surface area contributed by atoms with Gasteiger partial charge in [0.05, 0.1) is 24.5 Å². The van der Waals surface area contributed by atoms with Crippen molar-refractivity contribution in [3.8, 4) is 0 Å². The molecule has 0 fully saturated rings. The molecule has 0 aliphatic carbocycles. The Bertz CT molecular complexity index is 587. The monoisotopic (exact) mass is 287 g/mol. The number of aromatic carboxylic acids is 1. The quantitative estimate of drug-likeness (QED) is 0.746. The molecule has 21 heavy (non-hydrogen) atoms. The van der Waals surface area contributed by atoms with Crippen LogP contribution in [-0.4, -0.2) is 38.3 Å². The number of aromatic nitrogens is 2. The van der Waals surface area contributed by atoms with Gasteiger partial charge in [-0.3, -0.25) is 0 Å². The van der Waals surface area contributed by atoms with Crippen molar-refractivity contribution in [2.45, 2.75) is 25.5 Å². The minimum atomic E-state index is -1.12. The fourth-order valence-corrected chi connectivity index (χ4v) is 1.87. The molecule has 1 aromatic carbocycles. The smallest absolute Gasteiger partial charge is 0.356 e. The molecule has 0 amide bonds. The zero-order chi connectivity index (χ0) is 15.2. The highest BCUT2D eigenvalue weighted by Crippen LogP contribution is 2.10. The minimum Gasteiger partial charge on any atom is -0.476 e. The number of nitrogens with one attached hydrogen (secondary N) is 1. The lowest BCUT2D eigenvalue weighted by atomic mass is 10.0. The number of hydrogen-bond donors (Lipinski definition) is 3. The van der Waals surface area contributed by atoms with E-state index in [1.54, 1.807) is 0 Å². The summed E-state index contributed by atoms with van der Waals surface area (Å²) >= 11 is 0. The van der Waals surface area contributed by atoms with Crippen molar-refractivity contribution in [3.63, 3.8) is 0 Å². The third kappa shape index (κ3) is 4.25. The second-order valence-electron chi connectivity index (χ2n) is 4.78. The van der Waals surface area contributed by atoms with Crippen LogP contribution in [0.15, 0.2) is 42.7 Å². The van der Waals surface area contributed by atoms with Crippen LogP contribution in [0, 0.1) is 0 Å². The highest BCUT2D eigenvalue weighted by molar-refractivity contribution is 5.84. The standard InChI is InChI=1S/C15H17N3O3/c1-10(13(19)7-11-5-3-2-4-6-11)18-14-9-16-12(8-17-14)15(20)21/h2-6,8-10,13,19H,7H2,1H3,(H,17,18)(H,20,21). The summed E-state index contributed by atoms with van der Waals surface area (Å²) in [5, 5.41) is 21.9. The van der Waals surface area contributed by atoms with E-state index in [1.165, 1.54) is 12.4 Å². The highest BCUT2D eigenvalue weighted by Gasteiger charge is 2.15. The predicted octanol–water partition coefficient (Wildman–Crippen LogP) is 1.58. The molecule has 0 aliphatic heterocycles. The molecule has 0 spiro atoms. The average Bonchev–Trinajstić information content (AvgIpc) is 2.48. The maximum atomic E-state index is 10.7. The van der Waals surface area contributed by atoms with E-state index in [-0.39, 0.29) is 11.7 Å². The lowest BCUT2D eigenvalue weighted by Crippen LogP contribution is -2.32. The van der Waals surface area contributed by atoms with Crippen LogP contribution in [0.5, 0.6) is 0 Å². The first-order valence-electron chi connectivity index (χ1n) is 6.60. The van der Waals surface area contributed by atoms with Crippen molar-refractivity contribution in [1.29, 1.82) is 0 Å². The minimum absolute atomic E-state index is 0.113. The van der Waals surface area contributed by atoms with Gasteiger partial charge >= 0.3 is 5.97 Å². The Morgan fingerprint density at radius 1 is 1.24 bits per heavy atom. The molecule has 0 radical (unpaired) electrons. The van der Waals surface area contributed by atoms with E-state index >= 15 is 0 Å². The first kappa shape index (κ1) is 14.9. The summed E-state index contributed by atoms with van der Waals surface area (Å²) in [6.45, 7) is 1.83. The first-order chi connectivity index (χ1) is 10.1. The second-order valence-corrected chi connectivity index (χ2v) is 4.78. The van der Waals surface area contributed by atoms with Crippen LogP contribution in [0.4, 0.5) is 5.82 Å². The Morgan fingerprint density at radius 3 is 2.52 bits per heavy atom. The summed E-state index contributed by atoms with van der Waals surface area (Å²) in [6, 6.07) is 9.45. The summed E-state index contributed by atoms with van der Waals surface area (Å²) in [6.07, 6.45) is 2.46. The molecular formula is C15H17N3O3. The molecule has 6 nitrogen and oxygen atoms in total. The van der Waals surface area contributed by atoms with Gasteiger partial charge in [0.15, 0.2) is 5.69 Å². The number of rotatable bonds is 6. The summed E-state index contributed by atoms with van der Waals surface area (Å²) in [7, 11) is 0. The van der Waals surface area contributed by atoms with Crippen molar-refractivity contribution in [2.24, 2.45) is 0 Å². The van der Waals surface area contributed by atoms with Crippen LogP contribution >= 0.6 is 0 Å². The van der Waals surface area contributed by atoms with Gasteiger partial charge in [0.2, 0.25) is 0 Å². The Labute approximate surface area is 122 Å². The van der Waals surface area contributed by atoms with E-state index in [1.807, 2.05) is 37.3 Å². The molecule has 2 rings (SSSR count). The van der Waals surface area contributed by atoms with Gasteiger partial charge in [-0.05, 0) is 12.5 Å².